The molecule has 2 N–H and O–H groups in total. The number of hydrogen-bond acceptors (Lipinski definition) is 8. The number of carbonyl (C=O) groups excluding carboxylic acids is 2. The number of benzene rings is 2. The molecule has 10 heteroatoms. The second kappa shape index (κ2) is 17.8. The molecular weight excluding hydrogens is 675 g/mol. The molecule has 0 saturated heterocycles. The molecule has 2 aliphatic rings. The van der Waals surface area contributed by atoms with Crippen LogP contribution in [0.15, 0.2) is 60.7 Å². The summed E-state index contributed by atoms with van der Waals surface area (Å²) in [5.74, 6) is -0.855. The number of methoxy groups -OCH3 is 2. The molecule has 2 saturated carbocycles. The van der Waals surface area contributed by atoms with E-state index in [0.717, 1.165) is 49.7 Å². The zero-order valence-corrected chi connectivity index (χ0v) is 32.1. The number of nitrogens with one attached hydrogen (secondary N) is 2. The summed E-state index contributed by atoms with van der Waals surface area (Å²) in [5, 5.41) is 8.50. The Labute approximate surface area is 308 Å². The van der Waals surface area contributed by atoms with Gasteiger partial charge in [-0.15, -0.1) is 0 Å². The smallest absolute Gasteiger partial charge is 0.332 e. The lowest BCUT2D eigenvalue weighted by molar-refractivity contribution is -0.185. The van der Waals surface area contributed by atoms with Crippen molar-refractivity contribution in [3.8, 4) is 0 Å². The van der Waals surface area contributed by atoms with Gasteiger partial charge in [-0.1, -0.05) is 88.0 Å². The molecule has 4 rings (SSSR count). The zero-order valence-electron chi connectivity index (χ0n) is 30.6. The molecule has 0 aromatic heterocycles. The van der Waals surface area contributed by atoms with Crippen molar-refractivity contribution in [1.29, 1.82) is 0 Å². The van der Waals surface area contributed by atoms with Gasteiger partial charge in [-0.05, 0) is 72.9 Å². The molecule has 2 aliphatic carbocycles. The Morgan fingerprint density at radius 2 is 1.02 bits per heavy atom. The first-order valence-corrected chi connectivity index (χ1v) is 18.8. The van der Waals surface area contributed by atoms with Gasteiger partial charge < -0.3 is 18.9 Å². The first-order valence-electron chi connectivity index (χ1n) is 18.0. The Morgan fingerprint density at radius 1 is 0.680 bits per heavy atom. The predicted molar refractivity (Wildman–Crippen MR) is 199 cm³/mol. The Balaban J connectivity index is 1.66. The van der Waals surface area contributed by atoms with Crippen molar-refractivity contribution in [3.05, 3.63) is 81.9 Å². The summed E-state index contributed by atoms with van der Waals surface area (Å²) < 4.78 is 23.8. The summed E-state index contributed by atoms with van der Waals surface area (Å²) in [6, 6.07) is 15.6. The van der Waals surface area contributed by atoms with E-state index in [1.54, 1.807) is 14.2 Å². The summed E-state index contributed by atoms with van der Waals surface area (Å²) in [7, 11) is 3.29. The SMILES string of the molecule is COCCNC(CC(C)C)(OC(=O)/C=C\C(=O)OC(CC(C)C)(NCCOC)C1(c2ccc(Cl)cc2)CCC1)C1(c2ccc(Cl)cc2)CCC1. The van der Waals surface area contributed by atoms with Gasteiger partial charge in [-0.3, -0.25) is 10.6 Å². The van der Waals surface area contributed by atoms with Crippen LogP contribution in [0.25, 0.3) is 0 Å². The summed E-state index contributed by atoms with van der Waals surface area (Å²) in [6.07, 6.45) is 8.85. The fourth-order valence-electron chi connectivity index (χ4n) is 8.08. The van der Waals surface area contributed by atoms with Crippen LogP contribution in [0, 0.1) is 11.8 Å². The highest BCUT2D eigenvalue weighted by atomic mass is 35.5. The topological polar surface area (TPSA) is 95.1 Å². The number of esters is 2. The van der Waals surface area contributed by atoms with Gasteiger partial charge in [0.2, 0.25) is 0 Å². The summed E-state index contributed by atoms with van der Waals surface area (Å²) in [5.41, 5.74) is -0.943. The molecule has 2 aromatic carbocycles. The van der Waals surface area contributed by atoms with Crippen LogP contribution < -0.4 is 10.6 Å². The van der Waals surface area contributed by atoms with E-state index in [1.165, 1.54) is 12.2 Å². The second-order valence-electron chi connectivity index (χ2n) is 14.7. The van der Waals surface area contributed by atoms with Gasteiger partial charge in [0.1, 0.15) is 0 Å². The van der Waals surface area contributed by atoms with E-state index in [2.05, 4.69) is 38.3 Å². The lowest BCUT2D eigenvalue weighted by Crippen LogP contribution is -2.67. The van der Waals surface area contributed by atoms with Crippen LogP contribution in [0.5, 0.6) is 0 Å². The van der Waals surface area contributed by atoms with Gasteiger partial charge in [0.05, 0.1) is 13.2 Å². The molecule has 2 fully saturated rings. The van der Waals surface area contributed by atoms with E-state index in [4.69, 9.17) is 42.1 Å². The standard InChI is InChI=1S/C40H56Cl2N2O6/c1-29(2)27-39(43-23-25-47-5,37(19-7-20-37)31-9-13-33(41)14-10-31)49-35(45)17-18-36(46)50-40(28-30(3)4,44-24-26-48-6)38(21-8-22-38)32-11-15-34(42)16-12-32/h9-18,29-30,43-44H,7-8,19-28H2,1-6H3/b18-17-. The van der Waals surface area contributed by atoms with Gasteiger partial charge >= 0.3 is 11.9 Å². The highest BCUT2D eigenvalue weighted by Crippen LogP contribution is 2.55. The van der Waals surface area contributed by atoms with E-state index in [-0.39, 0.29) is 11.8 Å². The van der Waals surface area contributed by atoms with Crippen molar-refractivity contribution in [1.82, 2.24) is 10.6 Å². The quantitative estimate of drug-likeness (QED) is 0.0611. The lowest BCUT2D eigenvalue weighted by Gasteiger charge is -2.56. The molecule has 2 aromatic rings. The highest BCUT2D eigenvalue weighted by Gasteiger charge is 2.59. The maximum atomic E-state index is 13.9. The summed E-state index contributed by atoms with van der Waals surface area (Å²) in [4.78, 5) is 27.7. The normalized spacial score (nSPS) is 19.0. The average Bonchev–Trinajstić information content (AvgIpc) is 3.00. The van der Waals surface area contributed by atoms with Gasteiger partial charge in [-0.25, -0.2) is 9.59 Å². The van der Waals surface area contributed by atoms with Crippen molar-refractivity contribution in [2.24, 2.45) is 11.8 Å². The number of halogens is 2. The van der Waals surface area contributed by atoms with Crippen molar-refractivity contribution < 1.29 is 28.5 Å². The lowest BCUT2D eigenvalue weighted by atomic mass is 9.56. The molecular formula is C40H56Cl2N2O6. The van der Waals surface area contributed by atoms with Gasteiger partial charge in [-0.2, -0.15) is 0 Å². The highest BCUT2D eigenvalue weighted by molar-refractivity contribution is 6.30. The molecule has 0 radical (unpaired) electrons. The Morgan fingerprint density at radius 3 is 1.28 bits per heavy atom. The molecule has 8 nitrogen and oxygen atoms in total. The first kappa shape index (κ1) is 40.3. The number of rotatable bonds is 20. The largest absolute Gasteiger partial charge is 0.440 e. The average molecular weight is 732 g/mol. The fraction of sp³-hybridized carbons (Fsp3) is 0.600. The Hall–Kier alpha value is -2.46. The van der Waals surface area contributed by atoms with Crippen molar-refractivity contribution >= 4 is 35.1 Å². The minimum atomic E-state index is -1.05. The molecule has 0 spiro atoms. The Bertz CT molecular complexity index is 1310. The number of hydrogen-bond donors (Lipinski definition) is 2. The maximum absolute atomic E-state index is 13.9. The zero-order chi connectivity index (χ0) is 36.4. The van der Waals surface area contributed by atoms with Crippen LogP contribution in [0.4, 0.5) is 0 Å². The van der Waals surface area contributed by atoms with Gasteiger partial charge in [0, 0.05) is 73.2 Å². The summed E-state index contributed by atoms with van der Waals surface area (Å²) in [6.45, 7) is 10.3. The molecule has 276 valence electrons. The predicted octanol–water partition coefficient (Wildman–Crippen LogP) is 8.14. The minimum absolute atomic E-state index is 0.193. The molecule has 2 atom stereocenters. The molecule has 0 heterocycles. The van der Waals surface area contributed by atoms with E-state index < -0.39 is 34.2 Å². The van der Waals surface area contributed by atoms with Crippen molar-refractivity contribution in [3.63, 3.8) is 0 Å². The van der Waals surface area contributed by atoms with Crippen LogP contribution in [-0.2, 0) is 39.4 Å². The molecule has 2 unspecified atom stereocenters. The van der Waals surface area contributed by atoms with Crippen LogP contribution in [-0.4, -0.2) is 63.9 Å². The molecule has 0 bridgehead atoms. The van der Waals surface area contributed by atoms with Crippen LogP contribution in [0.1, 0.15) is 90.2 Å². The van der Waals surface area contributed by atoms with Crippen LogP contribution in [0.2, 0.25) is 10.0 Å². The van der Waals surface area contributed by atoms with Crippen molar-refractivity contribution in [2.45, 2.75) is 101 Å². The van der Waals surface area contributed by atoms with E-state index >= 15 is 0 Å². The van der Waals surface area contributed by atoms with Gasteiger partial charge in [0.25, 0.3) is 0 Å². The number of carbonyl (C=O) groups is 2. The van der Waals surface area contributed by atoms with Gasteiger partial charge in [0.15, 0.2) is 11.4 Å². The molecule has 0 aliphatic heterocycles. The number of ether oxygens (including phenoxy) is 4. The van der Waals surface area contributed by atoms with E-state index in [0.29, 0.717) is 49.2 Å². The monoisotopic (exact) mass is 730 g/mol. The molecule has 0 amide bonds. The summed E-state index contributed by atoms with van der Waals surface area (Å²) >= 11 is 12.6. The van der Waals surface area contributed by atoms with Crippen molar-refractivity contribution in [2.75, 3.05) is 40.5 Å². The van der Waals surface area contributed by atoms with E-state index in [1.807, 2.05) is 48.5 Å². The first-order chi connectivity index (χ1) is 23.9. The maximum Gasteiger partial charge on any atom is 0.332 e. The third kappa shape index (κ3) is 8.94. The second-order valence-corrected chi connectivity index (χ2v) is 15.6. The third-order valence-electron chi connectivity index (χ3n) is 10.5. The van der Waals surface area contributed by atoms with E-state index in [9.17, 15) is 9.59 Å². The molecule has 50 heavy (non-hydrogen) atoms. The van der Waals surface area contributed by atoms with Crippen LogP contribution in [0.3, 0.4) is 0 Å². The fourth-order valence-corrected chi connectivity index (χ4v) is 8.33. The van der Waals surface area contributed by atoms with Crippen LogP contribution >= 0.6 is 23.2 Å². The minimum Gasteiger partial charge on any atom is -0.440 e. The Kier molecular flexibility index (Phi) is 14.4. The third-order valence-corrected chi connectivity index (χ3v) is 11.0.